The number of carbonyl (C=O) groups excluding carboxylic acids is 2. The maximum atomic E-state index is 12.3. The van der Waals surface area contributed by atoms with Crippen LogP contribution in [0.3, 0.4) is 0 Å². The van der Waals surface area contributed by atoms with Gasteiger partial charge in [0.25, 0.3) is 0 Å². The Hall–Kier alpha value is -2.66. The average molecular weight is 324 g/mol. The van der Waals surface area contributed by atoms with Gasteiger partial charge in [0, 0.05) is 13.1 Å². The minimum Gasteiger partial charge on any atom is -0.462 e. The molecule has 1 aliphatic rings. The van der Waals surface area contributed by atoms with Crippen LogP contribution in [0.1, 0.15) is 28.4 Å². The van der Waals surface area contributed by atoms with Gasteiger partial charge in [0.2, 0.25) is 5.91 Å². The van der Waals surface area contributed by atoms with Crippen LogP contribution in [-0.2, 0) is 22.6 Å². The van der Waals surface area contributed by atoms with E-state index in [-0.39, 0.29) is 12.5 Å². The minimum absolute atomic E-state index is 0.139. The molecule has 124 valence electrons. The lowest BCUT2D eigenvalue weighted by Gasteiger charge is -2.15. The number of hydrogen-bond donors (Lipinski definition) is 1. The normalized spacial score (nSPS) is 13.4. The molecule has 0 unspecified atom stereocenters. The lowest BCUT2D eigenvalue weighted by Crippen LogP contribution is -2.29. The van der Waals surface area contributed by atoms with E-state index in [1.165, 1.54) is 11.1 Å². The van der Waals surface area contributed by atoms with Crippen molar-refractivity contribution >= 4 is 17.6 Å². The van der Waals surface area contributed by atoms with Gasteiger partial charge >= 0.3 is 5.97 Å². The van der Waals surface area contributed by atoms with Crippen LogP contribution in [0.15, 0.2) is 48.5 Å². The molecule has 0 radical (unpaired) electrons. The van der Waals surface area contributed by atoms with Crippen LogP contribution in [0.25, 0.3) is 0 Å². The molecule has 1 heterocycles. The molecule has 0 aliphatic carbocycles. The second-order valence-electron chi connectivity index (χ2n) is 5.73. The molecule has 0 bridgehead atoms. The van der Waals surface area contributed by atoms with Gasteiger partial charge in [-0.2, -0.15) is 0 Å². The largest absolute Gasteiger partial charge is 0.462 e. The summed E-state index contributed by atoms with van der Waals surface area (Å²) in [5.74, 6) is -0.568. The van der Waals surface area contributed by atoms with E-state index in [9.17, 15) is 9.59 Å². The molecule has 0 fully saturated rings. The van der Waals surface area contributed by atoms with E-state index in [1.807, 2.05) is 12.1 Å². The Morgan fingerprint density at radius 1 is 1.04 bits per heavy atom. The number of ether oxygens (including phenoxy) is 1. The summed E-state index contributed by atoms with van der Waals surface area (Å²) in [6, 6.07) is 15.1. The van der Waals surface area contributed by atoms with Gasteiger partial charge in [0.05, 0.1) is 24.4 Å². The quantitative estimate of drug-likeness (QED) is 0.859. The molecular formula is C19H20N2O3. The molecule has 2 aromatic carbocycles. The zero-order chi connectivity index (χ0) is 16.9. The first-order valence-corrected chi connectivity index (χ1v) is 8.02. The van der Waals surface area contributed by atoms with E-state index in [0.29, 0.717) is 17.9 Å². The molecule has 5 nitrogen and oxygen atoms in total. The molecular weight excluding hydrogens is 304 g/mol. The summed E-state index contributed by atoms with van der Waals surface area (Å²) in [5, 5.41) is 2.82. The van der Waals surface area contributed by atoms with Crippen LogP contribution in [0.2, 0.25) is 0 Å². The fraction of sp³-hybridized carbons (Fsp3) is 0.263. The summed E-state index contributed by atoms with van der Waals surface area (Å²) in [4.78, 5) is 26.4. The van der Waals surface area contributed by atoms with Crippen molar-refractivity contribution < 1.29 is 14.3 Å². The Morgan fingerprint density at radius 3 is 2.33 bits per heavy atom. The van der Waals surface area contributed by atoms with E-state index >= 15 is 0 Å². The van der Waals surface area contributed by atoms with Gasteiger partial charge in [-0.05, 0) is 30.2 Å². The Labute approximate surface area is 141 Å². The highest BCUT2D eigenvalue weighted by Crippen LogP contribution is 2.22. The van der Waals surface area contributed by atoms with Crippen molar-refractivity contribution in [3.63, 3.8) is 0 Å². The molecule has 1 aliphatic heterocycles. The van der Waals surface area contributed by atoms with Crippen LogP contribution in [-0.4, -0.2) is 29.9 Å². The minimum atomic E-state index is -0.429. The third-order valence-corrected chi connectivity index (χ3v) is 3.97. The first-order valence-electron chi connectivity index (χ1n) is 8.02. The number of carbonyl (C=O) groups is 2. The third-order valence-electron chi connectivity index (χ3n) is 3.97. The Morgan fingerprint density at radius 2 is 1.67 bits per heavy atom. The van der Waals surface area contributed by atoms with Gasteiger partial charge in [-0.3, -0.25) is 9.69 Å². The second-order valence-corrected chi connectivity index (χ2v) is 5.73. The van der Waals surface area contributed by atoms with Crippen molar-refractivity contribution in [2.45, 2.75) is 20.0 Å². The summed E-state index contributed by atoms with van der Waals surface area (Å²) in [7, 11) is 0. The van der Waals surface area contributed by atoms with E-state index in [0.717, 1.165) is 13.1 Å². The van der Waals surface area contributed by atoms with Crippen molar-refractivity contribution in [1.29, 1.82) is 0 Å². The number of amides is 1. The van der Waals surface area contributed by atoms with Crippen LogP contribution in [0, 0.1) is 0 Å². The van der Waals surface area contributed by atoms with Gasteiger partial charge in [-0.25, -0.2) is 4.79 Å². The Balaban J connectivity index is 1.63. The standard InChI is InChI=1S/C19H20N2O3/c1-2-24-19(23)16-9-5-6-10-17(16)20-18(22)13-21-11-14-7-3-4-8-15(14)12-21/h3-10H,2,11-13H2,1H3,(H,20,22). The maximum absolute atomic E-state index is 12.3. The molecule has 1 N–H and O–H groups in total. The molecule has 0 aromatic heterocycles. The predicted molar refractivity (Wildman–Crippen MR) is 91.6 cm³/mol. The SMILES string of the molecule is CCOC(=O)c1ccccc1NC(=O)CN1Cc2ccccc2C1. The Bertz CT molecular complexity index is 733. The van der Waals surface area contributed by atoms with Crippen LogP contribution < -0.4 is 5.32 Å². The summed E-state index contributed by atoms with van der Waals surface area (Å²) in [6.07, 6.45) is 0. The molecule has 5 heteroatoms. The zero-order valence-electron chi connectivity index (χ0n) is 13.6. The van der Waals surface area contributed by atoms with Gasteiger partial charge in [0.15, 0.2) is 0 Å². The Kier molecular flexibility index (Phi) is 4.91. The van der Waals surface area contributed by atoms with Gasteiger partial charge < -0.3 is 10.1 Å². The lowest BCUT2D eigenvalue weighted by molar-refractivity contribution is -0.117. The number of esters is 1. The van der Waals surface area contributed by atoms with Crippen molar-refractivity contribution in [1.82, 2.24) is 4.90 Å². The highest BCUT2D eigenvalue weighted by atomic mass is 16.5. The number of hydrogen-bond acceptors (Lipinski definition) is 4. The zero-order valence-corrected chi connectivity index (χ0v) is 13.6. The van der Waals surface area contributed by atoms with E-state index in [2.05, 4.69) is 22.3 Å². The first-order chi connectivity index (χ1) is 11.7. The molecule has 0 saturated heterocycles. The molecule has 3 rings (SSSR count). The molecule has 0 atom stereocenters. The number of nitrogens with zero attached hydrogens (tertiary/aromatic N) is 1. The number of nitrogens with one attached hydrogen (secondary N) is 1. The fourth-order valence-corrected chi connectivity index (χ4v) is 2.89. The van der Waals surface area contributed by atoms with Crippen LogP contribution in [0.5, 0.6) is 0 Å². The summed E-state index contributed by atoms with van der Waals surface area (Å²) >= 11 is 0. The van der Waals surface area contributed by atoms with Crippen LogP contribution in [0.4, 0.5) is 5.69 Å². The van der Waals surface area contributed by atoms with E-state index in [4.69, 9.17) is 4.74 Å². The van der Waals surface area contributed by atoms with E-state index in [1.54, 1.807) is 31.2 Å². The number of fused-ring (bicyclic) bond motifs is 1. The number of rotatable bonds is 5. The number of anilines is 1. The number of para-hydroxylation sites is 1. The summed E-state index contributed by atoms with van der Waals surface area (Å²) < 4.78 is 5.03. The second kappa shape index (κ2) is 7.27. The molecule has 0 spiro atoms. The van der Waals surface area contributed by atoms with Gasteiger partial charge in [-0.1, -0.05) is 36.4 Å². The predicted octanol–water partition coefficient (Wildman–Crippen LogP) is 2.82. The smallest absolute Gasteiger partial charge is 0.340 e. The molecule has 1 amide bonds. The van der Waals surface area contributed by atoms with Gasteiger partial charge in [0.1, 0.15) is 0 Å². The molecule has 0 saturated carbocycles. The van der Waals surface area contributed by atoms with Crippen molar-refractivity contribution in [2.24, 2.45) is 0 Å². The summed E-state index contributed by atoms with van der Waals surface area (Å²) in [6.45, 7) is 3.87. The first kappa shape index (κ1) is 16.2. The number of benzene rings is 2. The lowest BCUT2D eigenvalue weighted by atomic mass is 10.1. The van der Waals surface area contributed by atoms with Crippen molar-refractivity contribution in [3.8, 4) is 0 Å². The summed E-state index contributed by atoms with van der Waals surface area (Å²) in [5.41, 5.74) is 3.38. The topological polar surface area (TPSA) is 58.6 Å². The average Bonchev–Trinajstić information content (AvgIpc) is 2.97. The highest BCUT2D eigenvalue weighted by molar-refractivity contribution is 6.01. The molecule has 24 heavy (non-hydrogen) atoms. The monoisotopic (exact) mass is 324 g/mol. The van der Waals surface area contributed by atoms with Crippen molar-refractivity contribution in [3.05, 3.63) is 65.2 Å². The molecule has 2 aromatic rings. The van der Waals surface area contributed by atoms with Crippen molar-refractivity contribution in [2.75, 3.05) is 18.5 Å². The highest BCUT2D eigenvalue weighted by Gasteiger charge is 2.21. The maximum Gasteiger partial charge on any atom is 0.340 e. The fourth-order valence-electron chi connectivity index (χ4n) is 2.89. The van der Waals surface area contributed by atoms with E-state index < -0.39 is 5.97 Å². The van der Waals surface area contributed by atoms with Gasteiger partial charge in [-0.15, -0.1) is 0 Å². The van der Waals surface area contributed by atoms with Crippen LogP contribution >= 0.6 is 0 Å². The third kappa shape index (κ3) is 3.63.